The van der Waals surface area contributed by atoms with Crippen LogP contribution in [0.2, 0.25) is 0 Å². The Morgan fingerprint density at radius 1 is 1.16 bits per heavy atom. The number of aromatic nitrogens is 2. The fourth-order valence-corrected chi connectivity index (χ4v) is 2.78. The first kappa shape index (κ1) is 21.7. The van der Waals surface area contributed by atoms with Crippen molar-refractivity contribution in [3.63, 3.8) is 0 Å². The third kappa shape index (κ3) is 4.94. The zero-order valence-electron chi connectivity index (χ0n) is 16.0. The first-order valence-electron chi connectivity index (χ1n) is 8.86. The topological polar surface area (TPSA) is 107 Å². The van der Waals surface area contributed by atoms with Crippen molar-refractivity contribution in [3.8, 4) is 5.69 Å². The summed E-state index contributed by atoms with van der Waals surface area (Å²) in [4.78, 5) is 34.8. The number of amides is 1. The molecule has 3 rings (SSSR count). The molecule has 0 radical (unpaired) electrons. The summed E-state index contributed by atoms with van der Waals surface area (Å²) in [6, 6.07) is 10.9. The number of carbonyl (C=O) groups is 1. The molecule has 0 fully saturated rings. The molecular formula is C20H15F3N4O4. The Bertz CT molecular complexity index is 1200. The van der Waals surface area contributed by atoms with E-state index >= 15 is 0 Å². The molecule has 1 amide bonds. The van der Waals surface area contributed by atoms with Gasteiger partial charge in [0.1, 0.15) is 0 Å². The van der Waals surface area contributed by atoms with Crippen molar-refractivity contribution >= 4 is 11.6 Å². The molecule has 0 aliphatic rings. The van der Waals surface area contributed by atoms with Crippen LogP contribution >= 0.6 is 0 Å². The summed E-state index contributed by atoms with van der Waals surface area (Å²) in [6.45, 7) is 1.45. The standard InChI is InChI=1S/C20H15F3N4O4/c1-12-9-17(28)18(19(29)24-11-13-5-7-15(8-6-13)27(30)31)25-26(12)16-4-2-3-14(10-16)20(21,22)23/h2-10H,11H2,1H3,(H,24,29). The summed E-state index contributed by atoms with van der Waals surface area (Å²) in [7, 11) is 0. The number of alkyl halides is 3. The zero-order chi connectivity index (χ0) is 22.8. The van der Waals surface area contributed by atoms with E-state index in [4.69, 9.17) is 0 Å². The molecule has 2 aromatic carbocycles. The number of nitrogens with zero attached hydrogens (tertiary/aromatic N) is 3. The maximum Gasteiger partial charge on any atom is 0.416 e. The quantitative estimate of drug-likeness (QED) is 0.491. The van der Waals surface area contributed by atoms with Gasteiger partial charge in [0.15, 0.2) is 5.69 Å². The third-order valence-electron chi connectivity index (χ3n) is 4.34. The lowest BCUT2D eigenvalue weighted by Gasteiger charge is -2.13. The smallest absolute Gasteiger partial charge is 0.346 e. The molecule has 3 aromatic rings. The van der Waals surface area contributed by atoms with Crippen molar-refractivity contribution in [1.29, 1.82) is 0 Å². The zero-order valence-corrected chi connectivity index (χ0v) is 16.0. The van der Waals surface area contributed by atoms with Crippen LogP contribution in [0.15, 0.2) is 59.4 Å². The molecular weight excluding hydrogens is 417 g/mol. The summed E-state index contributed by atoms with van der Waals surface area (Å²) in [5, 5.41) is 17.1. The molecule has 1 N–H and O–H groups in total. The number of hydrogen-bond donors (Lipinski definition) is 1. The number of non-ortho nitro benzene ring substituents is 1. The van der Waals surface area contributed by atoms with Crippen LogP contribution in [0, 0.1) is 17.0 Å². The third-order valence-corrected chi connectivity index (χ3v) is 4.34. The van der Waals surface area contributed by atoms with E-state index in [2.05, 4.69) is 10.4 Å². The number of aryl methyl sites for hydroxylation is 1. The van der Waals surface area contributed by atoms with Crippen LogP contribution in [-0.4, -0.2) is 20.6 Å². The molecule has 0 saturated carbocycles. The van der Waals surface area contributed by atoms with Gasteiger partial charge in [-0.3, -0.25) is 19.7 Å². The van der Waals surface area contributed by atoms with Gasteiger partial charge in [-0.1, -0.05) is 18.2 Å². The Morgan fingerprint density at radius 3 is 2.45 bits per heavy atom. The van der Waals surface area contributed by atoms with Crippen molar-refractivity contribution in [1.82, 2.24) is 15.1 Å². The molecule has 160 valence electrons. The summed E-state index contributed by atoms with van der Waals surface area (Å²) in [6.07, 6.45) is -4.56. The maximum atomic E-state index is 13.0. The second kappa shape index (κ2) is 8.38. The number of rotatable bonds is 5. The van der Waals surface area contributed by atoms with E-state index in [1.165, 1.54) is 43.3 Å². The van der Waals surface area contributed by atoms with Gasteiger partial charge in [0.05, 0.1) is 16.2 Å². The number of carbonyl (C=O) groups excluding carboxylic acids is 1. The Kier molecular flexibility index (Phi) is 5.86. The highest BCUT2D eigenvalue weighted by Crippen LogP contribution is 2.30. The molecule has 8 nitrogen and oxygen atoms in total. The van der Waals surface area contributed by atoms with E-state index in [9.17, 15) is 32.9 Å². The van der Waals surface area contributed by atoms with Crippen LogP contribution in [0.25, 0.3) is 5.69 Å². The molecule has 0 aliphatic heterocycles. The molecule has 0 bridgehead atoms. The number of nitro benzene ring substituents is 1. The Labute approximate surface area is 173 Å². The van der Waals surface area contributed by atoms with Crippen LogP contribution in [-0.2, 0) is 12.7 Å². The van der Waals surface area contributed by atoms with Crippen molar-refractivity contribution in [2.24, 2.45) is 0 Å². The Balaban J connectivity index is 1.86. The van der Waals surface area contributed by atoms with Crippen LogP contribution in [0.5, 0.6) is 0 Å². The number of benzene rings is 2. The normalized spacial score (nSPS) is 11.2. The SMILES string of the molecule is Cc1cc(=O)c(C(=O)NCc2ccc([N+](=O)[O-])cc2)nn1-c1cccc(C(F)(F)F)c1. The largest absolute Gasteiger partial charge is 0.416 e. The Morgan fingerprint density at radius 2 is 1.84 bits per heavy atom. The van der Waals surface area contributed by atoms with E-state index in [0.29, 0.717) is 5.56 Å². The number of halogens is 3. The summed E-state index contributed by atoms with van der Waals surface area (Å²) >= 11 is 0. The van der Waals surface area contributed by atoms with Gasteiger partial charge in [-0.05, 0) is 30.7 Å². The van der Waals surface area contributed by atoms with Gasteiger partial charge in [-0.2, -0.15) is 18.3 Å². The molecule has 0 atom stereocenters. The van der Waals surface area contributed by atoms with Crippen LogP contribution in [0.4, 0.5) is 18.9 Å². The minimum atomic E-state index is -4.56. The van der Waals surface area contributed by atoms with Crippen LogP contribution in [0.3, 0.4) is 0 Å². The fraction of sp³-hybridized carbons (Fsp3) is 0.150. The van der Waals surface area contributed by atoms with Crippen molar-refractivity contribution in [2.75, 3.05) is 0 Å². The van der Waals surface area contributed by atoms with Crippen molar-refractivity contribution in [2.45, 2.75) is 19.6 Å². The lowest BCUT2D eigenvalue weighted by atomic mass is 10.2. The highest BCUT2D eigenvalue weighted by molar-refractivity contribution is 5.92. The molecule has 0 unspecified atom stereocenters. The van der Waals surface area contributed by atoms with E-state index in [0.717, 1.165) is 22.9 Å². The second-order valence-corrected chi connectivity index (χ2v) is 6.56. The van der Waals surface area contributed by atoms with Gasteiger partial charge in [-0.15, -0.1) is 0 Å². The van der Waals surface area contributed by atoms with Gasteiger partial charge in [0.2, 0.25) is 5.43 Å². The second-order valence-electron chi connectivity index (χ2n) is 6.56. The lowest BCUT2D eigenvalue weighted by Crippen LogP contribution is -2.31. The van der Waals surface area contributed by atoms with E-state index < -0.39 is 33.7 Å². The molecule has 0 saturated heterocycles. The molecule has 0 aliphatic carbocycles. The van der Waals surface area contributed by atoms with Crippen molar-refractivity contribution < 1.29 is 22.9 Å². The summed E-state index contributed by atoms with van der Waals surface area (Å²) in [5.74, 6) is -0.830. The minimum Gasteiger partial charge on any atom is -0.346 e. The van der Waals surface area contributed by atoms with Crippen LogP contribution < -0.4 is 10.7 Å². The Hall–Kier alpha value is -4.02. The number of nitrogens with one attached hydrogen (secondary N) is 1. The highest BCUT2D eigenvalue weighted by atomic mass is 19.4. The first-order valence-corrected chi connectivity index (χ1v) is 8.86. The summed E-state index contributed by atoms with van der Waals surface area (Å²) in [5.41, 5.74) is -1.36. The molecule has 11 heteroatoms. The number of nitro groups is 1. The molecule has 1 heterocycles. The predicted molar refractivity (Wildman–Crippen MR) is 104 cm³/mol. The van der Waals surface area contributed by atoms with Gasteiger partial charge < -0.3 is 5.32 Å². The van der Waals surface area contributed by atoms with E-state index in [1.54, 1.807) is 0 Å². The van der Waals surface area contributed by atoms with Crippen molar-refractivity contribution in [3.05, 3.63) is 97.4 Å². The van der Waals surface area contributed by atoms with Gasteiger partial charge >= 0.3 is 6.18 Å². The minimum absolute atomic E-state index is 0.0324. The van der Waals surface area contributed by atoms with Gasteiger partial charge in [-0.25, -0.2) is 4.68 Å². The van der Waals surface area contributed by atoms with Crippen LogP contribution in [0.1, 0.15) is 27.3 Å². The average molecular weight is 432 g/mol. The predicted octanol–water partition coefficient (Wildman–Crippen LogP) is 3.40. The fourth-order valence-electron chi connectivity index (χ4n) is 2.78. The first-order chi connectivity index (χ1) is 14.6. The molecule has 31 heavy (non-hydrogen) atoms. The van der Waals surface area contributed by atoms with Gasteiger partial charge in [0, 0.05) is 30.4 Å². The van der Waals surface area contributed by atoms with Gasteiger partial charge in [0.25, 0.3) is 11.6 Å². The average Bonchev–Trinajstić information content (AvgIpc) is 2.72. The van der Waals surface area contributed by atoms with E-state index in [-0.39, 0.29) is 23.6 Å². The maximum absolute atomic E-state index is 13.0. The number of hydrogen-bond acceptors (Lipinski definition) is 5. The monoisotopic (exact) mass is 432 g/mol. The lowest BCUT2D eigenvalue weighted by molar-refractivity contribution is -0.384. The molecule has 0 spiro atoms. The molecule has 1 aromatic heterocycles. The summed E-state index contributed by atoms with van der Waals surface area (Å²) < 4.78 is 40.1. The highest BCUT2D eigenvalue weighted by Gasteiger charge is 2.30. The van der Waals surface area contributed by atoms with E-state index in [1.807, 2.05) is 0 Å².